The largest absolute Gasteiger partial charge is 0.417 e. The van der Waals surface area contributed by atoms with Gasteiger partial charge < -0.3 is 9.84 Å². The van der Waals surface area contributed by atoms with Crippen molar-refractivity contribution >= 4 is 15.7 Å². The van der Waals surface area contributed by atoms with Crippen LogP contribution >= 0.6 is 0 Å². The Labute approximate surface area is 147 Å². The van der Waals surface area contributed by atoms with Crippen molar-refractivity contribution in [1.82, 2.24) is 0 Å². The minimum Gasteiger partial charge on any atom is -0.396 e. The lowest BCUT2D eigenvalue weighted by molar-refractivity contribution is -0.137. The number of benzene rings is 1. The van der Waals surface area contributed by atoms with E-state index in [-0.39, 0.29) is 5.69 Å². The van der Waals surface area contributed by atoms with Crippen LogP contribution in [-0.2, 0) is 20.9 Å². The molecule has 0 saturated carbocycles. The predicted octanol–water partition coefficient (Wildman–Crippen LogP) is 2.02. The lowest BCUT2D eigenvalue weighted by atomic mass is 9.84. The molecule has 1 saturated heterocycles. The highest BCUT2D eigenvalue weighted by molar-refractivity contribution is 7.93. The lowest BCUT2D eigenvalue weighted by Crippen LogP contribution is -2.45. The molecule has 1 aromatic carbocycles. The van der Waals surface area contributed by atoms with E-state index in [1.165, 1.54) is 6.07 Å². The summed E-state index contributed by atoms with van der Waals surface area (Å²) in [6.07, 6.45) is -2.36. The van der Waals surface area contributed by atoms with E-state index in [9.17, 15) is 26.7 Å². The van der Waals surface area contributed by atoms with Gasteiger partial charge in [0.2, 0.25) is 10.0 Å². The van der Waals surface area contributed by atoms with E-state index in [2.05, 4.69) is 4.72 Å². The van der Waals surface area contributed by atoms with E-state index < -0.39 is 56.8 Å². The van der Waals surface area contributed by atoms with E-state index in [1.807, 2.05) is 0 Å². The molecule has 0 aliphatic carbocycles. The summed E-state index contributed by atoms with van der Waals surface area (Å²) in [5.41, 5.74) is -3.09. The van der Waals surface area contributed by atoms with Crippen molar-refractivity contribution < 1.29 is 31.4 Å². The molecule has 3 rings (SSSR count). The Bertz CT molecular complexity index is 907. The smallest absolute Gasteiger partial charge is 0.396 e. The van der Waals surface area contributed by atoms with Crippen molar-refractivity contribution in [3.8, 4) is 6.07 Å². The van der Waals surface area contributed by atoms with Crippen LogP contribution in [-0.4, -0.2) is 37.1 Å². The summed E-state index contributed by atoms with van der Waals surface area (Å²) in [4.78, 5) is 0. The molecule has 0 aromatic heterocycles. The first kappa shape index (κ1) is 18.7. The Balaban J connectivity index is 1.94. The maximum atomic E-state index is 13.0. The molecule has 10 heteroatoms. The van der Waals surface area contributed by atoms with Gasteiger partial charge in [0, 0.05) is 11.6 Å². The average Bonchev–Trinajstić information content (AvgIpc) is 3.06. The zero-order valence-electron chi connectivity index (χ0n) is 13.5. The van der Waals surface area contributed by atoms with Crippen LogP contribution in [0.15, 0.2) is 30.4 Å². The van der Waals surface area contributed by atoms with Crippen LogP contribution in [0.2, 0.25) is 0 Å². The van der Waals surface area contributed by atoms with Crippen LogP contribution in [0.25, 0.3) is 0 Å². The standard InChI is InChI=1S/C16H15F3N2O4S/c1-15-5-4-13(25-15)14(12(15)8-22)26(23,24)21-10-3-2-9(7-20)11(6-10)16(17,18)19/h2-6,12-14,21-22H,8H2,1H3/t12-,13+,14+,15+/m0/s1. The molecule has 2 heterocycles. The number of ether oxygens (including phenoxy) is 1. The maximum absolute atomic E-state index is 13.0. The van der Waals surface area contributed by atoms with E-state index in [0.717, 1.165) is 12.1 Å². The molecular formula is C16H15F3N2O4S. The second kappa shape index (κ2) is 5.97. The fourth-order valence-corrected chi connectivity index (χ4v) is 5.33. The highest BCUT2D eigenvalue weighted by atomic mass is 32.2. The third kappa shape index (κ3) is 2.96. The summed E-state index contributed by atoms with van der Waals surface area (Å²) < 4.78 is 72.3. The molecule has 140 valence electrons. The summed E-state index contributed by atoms with van der Waals surface area (Å²) in [6, 6.07) is 4.00. The molecule has 0 amide bonds. The number of sulfonamides is 1. The molecule has 26 heavy (non-hydrogen) atoms. The Hall–Kier alpha value is -2.09. The van der Waals surface area contributed by atoms with Gasteiger partial charge in [-0.1, -0.05) is 12.2 Å². The fourth-order valence-electron chi connectivity index (χ4n) is 3.45. The number of fused-ring (bicyclic) bond motifs is 2. The van der Waals surface area contributed by atoms with Crippen molar-refractivity contribution in [2.75, 3.05) is 11.3 Å². The molecule has 4 atom stereocenters. The van der Waals surface area contributed by atoms with Gasteiger partial charge in [-0.25, -0.2) is 8.42 Å². The summed E-state index contributed by atoms with van der Waals surface area (Å²) in [5.74, 6) is -0.754. The van der Waals surface area contributed by atoms with Gasteiger partial charge in [-0.05, 0) is 25.1 Å². The predicted molar refractivity (Wildman–Crippen MR) is 85.5 cm³/mol. The highest BCUT2D eigenvalue weighted by Gasteiger charge is 2.58. The van der Waals surface area contributed by atoms with E-state index in [1.54, 1.807) is 19.1 Å². The van der Waals surface area contributed by atoms with Crippen molar-refractivity contribution in [3.63, 3.8) is 0 Å². The first-order chi connectivity index (χ1) is 12.0. The number of nitrogens with one attached hydrogen (secondary N) is 1. The Morgan fingerprint density at radius 2 is 2.12 bits per heavy atom. The molecule has 0 unspecified atom stereocenters. The summed E-state index contributed by atoms with van der Waals surface area (Å²) >= 11 is 0. The highest BCUT2D eigenvalue weighted by Crippen LogP contribution is 2.46. The number of nitriles is 1. The van der Waals surface area contributed by atoms with E-state index >= 15 is 0 Å². The van der Waals surface area contributed by atoms with E-state index in [0.29, 0.717) is 6.07 Å². The fraction of sp³-hybridized carbons (Fsp3) is 0.438. The SMILES string of the molecule is C[C@]12C=C[C@@H](O1)[C@H](S(=O)(=O)Nc1ccc(C#N)c(C(F)(F)F)c1)[C@@H]2CO. The second-order valence-corrected chi connectivity index (χ2v) is 8.23. The second-order valence-electron chi connectivity index (χ2n) is 6.40. The van der Waals surface area contributed by atoms with Crippen LogP contribution in [0.1, 0.15) is 18.1 Å². The zero-order chi connectivity index (χ0) is 19.3. The average molecular weight is 388 g/mol. The van der Waals surface area contributed by atoms with Crippen LogP contribution in [0.4, 0.5) is 18.9 Å². The van der Waals surface area contributed by atoms with Gasteiger partial charge in [-0.15, -0.1) is 0 Å². The van der Waals surface area contributed by atoms with Gasteiger partial charge >= 0.3 is 6.18 Å². The molecular weight excluding hydrogens is 373 g/mol. The normalized spacial score (nSPS) is 30.4. The minimum absolute atomic E-state index is 0.315. The molecule has 2 aliphatic rings. The van der Waals surface area contributed by atoms with Crippen molar-refractivity contribution in [1.29, 1.82) is 5.26 Å². The lowest BCUT2D eigenvalue weighted by Gasteiger charge is -2.29. The molecule has 2 aliphatic heterocycles. The Morgan fingerprint density at radius 1 is 1.42 bits per heavy atom. The van der Waals surface area contributed by atoms with Gasteiger partial charge in [-0.2, -0.15) is 18.4 Å². The Morgan fingerprint density at radius 3 is 2.69 bits per heavy atom. The summed E-state index contributed by atoms with van der Waals surface area (Å²) in [5, 5.41) is 17.2. The monoisotopic (exact) mass is 388 g/mol. The number of rotatable bonds is 4. The van der Waals surface area contributed by atoms with Gasteiger partial charge in [0.05, 0.1) is 35.5 Å². The number of aliphatic hydroxyl groups excluding tert-OH is 1. The topological polar surface area (TPSA) is 99.4 Å². The molecule has 1 aromatic rings. The third-order valence-corrected chi connectivity index (χ3v) is 6.56. The van der Waals surface area contributed by atoms with Crippen molar-refractivity contribution in [2.24, 2.45) is 5.92 Å². The first-order valence-electron chi connectivity index (χ1n) is 7.63. The van der Waals surface area contributed by atoms with Gasteiger partial charge in [-0.3, -0.25) is 4.72 Å². The minimum atomic E-state index is -4.80. The maximum Gasteiger partial charge on any atom is 0.417 e. The molecule has 2 N–H and O–H groups in total. The number of hydrogen-bond donors (Lipinski definition) is 2. The quantitative estimate of drug-likeness (QED) is 0.769. The zero-order valence-corrected chi connectivity index (χ0v) is 14.3. The third-order valence-electron chi connectivity index (χ3n) is 4.72. The van der Waals surface area contributed by atoms with Crippen molar-refractivity contribution in [2.45, 2.75) is 30.1 Å². The number of aliphatic hydroxyl groups is 1. The van der Waals surface area contributed by atoms with Crippen molar-refractivity contribution in [3.05, 3.63) is 41.5 Å². The first-order valence-corrected chi connectivity index (χ1v) is 9.17. The molecule has 6 nitrogen and oxygen atoms in total. The molecule has 2 bridgehead atoms. The van der Waals surface area contributed by atoms with Crippen LogP contribution < -0.4 is 4.72 Å². The molecule has 0 radical (unpaired) electrons. The molecule has 0 spiro atoms. The van der Waals surface area contributed by atoms with Crippen LogP contribution in [0.5, 0.6) is 0 Å². The number of anilines is 1. The number of hydrogen-bond acceptors (Lipinski definition) is 5. The molecule has 1 fully saturated rings. The Kier molecular flexibility index (Phi) is 4.29. The van der Waals surface area contributed by atoms with Crippen LogP contribution in [0.3, 0.4) is 0 Å². The van der Waals surface area contributed by atoms with Gasteiger partial charge in [0.1, 0.15) is 5.25 Å². The van der Waals surface area contributed by atoms with E-state index in [4.69, 9.17) is 10.00 Å². The number of halogens is 3. The van der Waals surface area contributed by atoms with Gasteiger partial charge in [0.15, 0.2) is 0 Å². The number of alkyl halides is 3. The van der Waals surface area contributed by atoms with Crippen LogP contribution in [0, 0.1) is 17.2 Å². The summed E-state index contributed by atoms with van der Waals surface area (Å²) in [6.45, 7) is 1.19. The van der Waals surface area contributed by atoms with Gasteiger partial charge in [0.25, 0.3) is 0 Å². The number of nitrogens with zero attached hydrogens (tertiary/aromatic N) is 1. The summed E-state index contributed by atoms with van der Waals surface area (Å²) in [7, 11) is -4.16.